The summed E-state index contributed by atoms with van der Waals surface area (Å²) in [4.78, 5) is 59.3. The van der Waals surface area contributed by atoms with Crippen molar-refractivity contribution in [2.24, 2.45) is 0 Å². The Morgan fingerprint density at radius 2 is 1.66 bits per heavy atom. The SMILES string of the molecule is C=C1C[C@@](OC)(C(=O)OC)O[C@@H]([C@H](OC(C)=O)[C@@H](COC(C)=O)OC(C)=O)[C@@H]1NC(C)=O. The van der Waals surface area contributed by atoms with E-state index >= 15 is 0 Å². The molecule has 1 aliphatic rings. The van der Waals surface area contributed by atoms with Crippen LogP contribution in [-0.4, -0.2) is 80.8 Å². The van der Waals surface area contributed by atoms with E-state index in [-0.39, 0.29) is 12.0 Å². The third-order valence-electron chi connectivity index (χ3n) is 4.50. The van der Waals surface area contributed by atoms with E-state index in [1.807, 2.05) is 0 Å². The molecule has 1 aliphatic heterocycles. The Bertz CT molecular complexity index is 765. The molecule has 1 rings (SSSR count). The maximum absolute atomic E-state index is 12.5. The van der Waals surface area contributed by atoms with Gasteiger partial charge in [0.15, 0.2) is 12.2 Å². The van der Waals surface area contributed by atoms with Gasteiger partial charge in [0, 0.05) is 41.2 Å². The van der Waals surface area contributed by atoms with Crippen LogP contribution in [0, 0.1) is 0 Å². The second kappa shape index (κ2) is 11.6. The van der Waals surface area contributed by atoms with Crippen LogP contribution in [0.2, 0.25) is 0 Å². The third-order valence-corrected chi connectivity index (χ3v) is 4.50. The van der Waals surface area contributed by atoms with Crippen LogP contribution in [0.1, 0.15) is 34.1 Å². The zero-order valence-corrected chi connectivity index (χ0v) is 18.9. The molecule has 32 heavy (non-hydrogen) atoms. The third kappa shape index (κ3) is 7.02. The van der Waals surface area contributed by atoms with Crippen LogP contribution >= 0.6 is 0 Å². The summed E-state index contributed by atoms with van der Waals surface area (Å²) in [5.74, 6) is -5.60. The second-order valence-corrected chi connectivity index (χ2v) is 7.07. The quantitative estimate of drug-likeness (QED) is 0.276. The van der Waals surface area contributed by atoms with E-state index in [2.05, 4.69) is 11.9 Å². The van der Waals surface area contributed by atoms with Crippen LogP contribution in [0.15, 0.2) is 12.2 Å². The zero-order valence-electron chi connectivity index (χ0n) is 18.9. The molecule has 0 aliphatic carbocycles. The maximum Gasteiger partial charge on any atom is 0.366 e. The number of hydrogen-bond donors (Lipinski definition) is 1. The fraction of sp³-hybridized carbons (Fsp3) is 0.650. The van der Waals surface area contributed by atoms with Gasteiger partial charge in [-0.2, -0.15) is 0 Å². The molecule has 0 aromatic carbocycles. The van der Waals surface area contributed by atoms with E-state index in [1.165, 1.54) is 14.0 Å². The molecule has 0 aromatic rings. The summed E-state index contributed by atoms with van der Waals surface area (Å²) in [5.41, 5.74) is 0.287. The Hall–Kier alpha value is -2.99. The van der Waals surface area contributed by atoms with Gasteiger partial charge in [-0.1, -0.05) is 6.58 Å². The van der Waals surface area contributed by atoms with Crippen LogP contribution in [0.4, 0.5) is 0 Å². The lowest BCUT2D eigenvalue weighted by molar-refractivity contribution is -0.283. The maximum atomic E-state index is 12.5. The highest BCUT2D eigenvalue weighted by atomic mass is 16.7. The van der Waals surface area contributed by atoms with Crippen LogP contribution in [0.5, 0.6) is 0 Å². The first-order chi connectivity index (χ1) is 14.9. The first-order valence-corrected chi connectivity index (χ1v) is 9.60. The monoisotopic (exact) mass is 459 g/mol. The molecular formula is C20H29NO11. The lowest BCUT2D eigenvalue weighted by Crippen LogP contribution is -2.64. The topological polar surface area (TPSA) is 153 Å². The van der Waals surface area contributed by atoms with Gasteiger partial charge in [0.05, 0.1) is 13.2 Å². The molecule has 1 N–H and O–H groups in total. The highest BCUT2D eigenvalue weighted by molar-refractivity contribution is 5.79. The van der Waals surface area contributed by atoms with Gasteiger partial charge in [0.1, 0.15) is 12.7 Å². The molecule has 0 unspecified atom stereocenters. The van der Waals surface area contributed by atoms with Gasteiger partial charge >= 0.3 is 23.9 Å². The Balaban J connectivity index is 3.56. The molecular weight excluding hydrogens is 430 g/mol. The molecule has 5 atom stereocenters. The molecule has 12 nitrogen and oxygen atoms in total. The van der Waals surface area contributed by atoms with Crippen LogP contribution in [0.3, 0.4) is 0 Å². The van der Waals surface area contributed by atoms with Crippen LogP contribution in [0.25, 0.3) is 0 Å². The van der Waals surface area contributed by atoms with Crippen molar-refractivity contribution in [1.82, 2.24) is 5.32 Å². The summed E-state index contributed by atoms with van der Waals surface area (Å²) in [7, 11) is 2.32. The van der Waals surface area contributed by atoms with Gasteiger partial charge in [-0.15, -0.1) is 0 Å². The van der Waals surface area contributed by atoms with Crippen molar-refractivity contribution >= 4 is 29.8 Å². The van der Waals surface area contributed by atoms with Crippen molar-refractivity contribution in [2.45, 2.75) is 64.3 Å². The van der Waals surface area contributed by atoms with Gasteiger partial charge in [-0.3, -0.25) is 19.2 Å². The summed E-state index contributed by atoms with van der Waals surface area (Å²) in [6, 6.07) is -0.986. The smallest absolute Gasteiger partial charge is 0.366 e. The van der Waals surface area contributed by atoms with Crippen molar-refractivity contribution in [3.05, 3.63) is 12.2 Å². The van der Waals surface area contributed by atoms with E-state index in [4.69, 9.17) is 28.4 Å². The fourth-order valence-electron chi connectivity index (χ4n) is 3.26. The van der Waals surface area contributed by atoms with Crippen molar-refractivity contribution < 1.29 is 52.4 Å². The van der Waals surface area contributed by atoms with Crippen molar-refractivity contribution in [3.63, 3.8) is 0 Å². The highest BCUT2D eigenvalue weighted by Crippen LogP contribution is 2.37. The molecule has 180 valence electrons. The van der Waals surface area contributed by atoms with E-state index in [1.54, 1.807) is 0 Å². The normalized spacial score (nSPS) is 24.5. The summed E-state index contributed by atoms with van der Waals surface area (Å²) in [6.45, 7) is 7.98. The van der Waals surface area contributed by atoms with Gasteiger partial charge < -0.3 is 33.7 Å². The summed E-state index contributed by atoms with van der Waals surface area (Å²) < 4.78 is 31.5. The summed E-state index contributed by atoms with van der Waals surface area (Å²) in [6.07, 6.45) is -4.32. The van der Waals surface area contributed by atoms with Crippen LogP contribution in [-0.2, 0) is 52.4 Å². The molecule has 0 bridgehead atoms. The Morgan fingerprint density at radius 1 is 1.06 bits per heavy atom. The minimum Gasteiger partial charge on any atom is -0.465 e. The Labute approximate surface area is 185 Å². The first kappa shape index (κ1) is 27.0. The van der Waals surface area contributed by atoms with Gasteiger partial charge in [-0.05, 0) is 5.57 Å². The first-order valence-electron chi connectivity index (χ1n) is 9.60. The molecule has 1 saturated heterocycles. The van der Waals surface area contributed by atoms with Crippen molar-refractivity contribution in [2.75, 3.05) is 20.8 Å². The standard InChI is InChI=1S/C20H29NO11/c1-10-8-20(28-7,19(26)27-6)32-18(16(10)21-11(2)22)17(31-14(5)25)15(30-13(4)24)9-29-12(3)23/h15-18H,1,8-9H2,2-7H3,(H,21,22)/t15-,16-,17-,18-,20+/m1/s1. The summed E-state index contributed by atoms with van der Waals surface area (Å²) in [5, 5.41) is 2.62. The molecule has 1 amide bonds. The van der Waals surface area contributed by atoms with Gasteiger partial charge in [0.2, 0.25) is 5.91 Å². The average molecular weight is 459 g/mol. The molecule has 0 aromatic heterocycles. The number of esters is 4. The lowest BCUT2D eigenvalue weighted by atomic mass is 9.87. The fourth-order valence-corrected chi connectivity index (χ4v) is 3.26. The van der Waals surface area contributed by atoms with Gasteiger partial charge in [0.25, 0.3) is 5.79 Å². The number of nitrogens with one attached hydrogen (secondary N) is 1. The van der Waals surface area contributed by atoms with Gasteiger partial charge in [-0.25, -0.2) is 4.79 Å². The van der Waals surface area contributed by atoms with Crippen LogP contribution < -0.4 is 5.32 Å². The average Bonchev–Trinajstić information content (AvgIpc) is 2.69. The largest absolute Gasteiger partial charge is 0.465 e. The minimum absolute atomic E-state index is 0.188. The molecule has 1 fully saturated rings. The molecule has 0 saturated carbocycles. The number of methoxy groups -OCH3 is 2. The van der Waals surface area contributed by atoms with E-state index in [9.17, 15) is 24.0 Å². The number of carbonyl (C=O) groups is 5. The van der Waals surface area contributed by atoms with E-state index < -0.39 is 66.5 Å². The zero-order chi connectivity index (χ0) is 24.6. The Kier molecular flexibility index (Phi) is 9.79. The molecule has 1 heterocycles. The van der Waals surface area contributed by atoms with Crippen molar-refractivity contribution in [3.8, 4) is 0 Å². The molecule has 12 heteroatoms. The molecule has 0 spiro atoms. The minimum atomic E-state index is -1.98. The predicted octanol–water partition coefficient (Wildman–Crippen LogP) is -0.222. The number of ether oxygens (including phenoxy) is 6. The predicted molar refractivity (Wildman–Crippen MR) is 106 cm³/mol. The molecule has 0 radical (unpaired) electrons. The number of hydrogen-bond acceptors (Lipinski definition) is 11. The lowest BCUT2D eigenvalue weighted by Gasteiger charge is -2.46. The number of carbonyl (C=O) groups excluding carboxylic acids is 5. The number of rotatable bonds is 9. The van der Waals surface area contributed by atoms with E-state index in [0.29, 0.717) is 0 Å². The summed E-state index contributed by atoms with van der Waals surface area (Å²) >= 11 is 0. The van der Waals surface area contributed by atoms with Crippen molar-refractivity contribution in [1.29, 1.82) is 0 Å². The number of amides is 1. The Morgan fingerprint density at radius 3 is 2.09 bits per heavy atom. The van der Waals surface area contributed by atoms with E-state index in [0.717, 1.165) is 27.9 Å². The second-order valence-electron chi connectivity index (χ2n) is 7.07. The highest BCUT2D eigenvalue weighted by Gasteiger charge is 2.55.